The first-order chi connectivity index (χ1) is 11.9. The van der Waals surface area contributed by atoms with Gasteiger partial charge in [-0.15, -0.1) is 0 Å². The number of carbonyl (C=O) groups excluding carboxylic acids is 1. The average Bonchev–Trinajstić information content (AvgIpc) is 2.60. The van der Waals surface area contributed by atoms with Gasteiger partial charge in [0.2, 0.25) is 0 Å². The molecule has 0 unspecified atom stereocenters. The summed E-state index contributed by atoms with van der Waals surface area (Å²) in [6.45, 7) is 4.96. The highest BCUT2D eigenvalue weighted by Gasteiger charge is 2.27. The van der Waals surface area contributed by atoms with Crippen LogP contribution in [-0.2, 0) is 4.79 Å². The first kappa shape index (κ1) is 18.9. The Hall–Kier alpha value is -2.44. The zero-order valence-corrected chi connectivity index (χ0v) is 15.2. The number of nitrogens with one attached hydrogen (secondary N) is 1. The van der Waals surface area contributed by atoms with Crippen molar-refractivity contribution in [1.82, 2.24) is 4.90 Å². The maximum atomic E-state index is 12.4. The van der Waals surface area contributed by atoms with Crippen molar-refractivity contribution in [3.63, 3.8) is 0 Å². The van der Waals surface area contributed by atoms with Crippen molar-refractivity contribution in [2.24, 2.45) is 5.92 Å². The summed E-state index contributed by atoms with van der Waals surface area (Å²) in [5.41, 5.74) is 1.54. The van der Waals surface area contributed by atoms with Gasteiger partial charge in [0.05, 0.1) is 20.1 Å². The van der Waals surface area contributed by atoms with E-state index in [9.17, 15) is 9.59 Å². The molecule has 1 aliphatic rings. The largest absolute Gasteiger partial charge is 0.496 e. The molecule has 1 aromatic rings. The van der Waals surface area contributed by atoms with Crippen LogP contribution < -0.4 is 14.8 Å². The Morgan fingerprint density at radius 1 is 1.16 bits per heavy atom. The van der Waals surface area contributed by atoms with Crippen molar-refractivity contribution >= 4 is 17.7 Å². The molecule has 2 rings (SSSR count). The Morgan fingerprint density at radius 3 is 2.08 bits per heavy atom. The zero-order valence-electron chi connectivity index (χ0n) is 15.2. The maximum Gasteiger partial charge on any atom is 0.321 e. The summed E-state index contributed by atoms with van der Waals surface area (Å²) >= 11 is 0. The fraction of sp³-hybridized carbons (Fsp3) is 0.556. The molecular formula is C18H26N2O5. The number of rotatable bonds is 5. The van der Waals surface area contributed by atoms with Crippen molar-refractivity contribution in [2.45, 2.75) is 32.6 Å². The van der Waals surface area contributed by atoms with E-state index in [2.05, 4.69) is 5.32 Å². The number of benzene rings is 1. The molecule has 1 fully saturated rings. The minimum absolute atomic E-state index is 0.213. The predicted molar refractivity (Wildman–Crippen MR) is 94.6 cm³/mol. The smallest absolute Gasteiger partial charge is 0.321 e. The van der Waals surface area contributed by atoms with Crippen LogP contribution in [0.3, 0.4) is 0 Å². The number of aliphatic carboxylic acids is 1. The minimum atomic E-state index is -0.793. The predicted octanol–water partition coefficient (Wildman–Crippen LogP) is 3.16. The van der Waals surface area contributed by atoms with E-state index in [0.717, 1.165) is 5.56 Å². The van der Waals surface area contributed by atoms with E-state index >= 15 is 0 Å². The number of methoxy groups -OCH3 is 2. The van der Waals surface area contributed by atoms with Gasteiger partial charge in [-0.05, 0) is 18.8 Å². The lowest BCUT2D eigenvalue weighted by Crippen LogP contribution is -2.42. The second-order valence-electron chi connectivity index (χ2n) is 6.48. The Morgan fingerprint density at radius 2 is 1.68 bits per heavy atom. The number of hydrogen-bond acceptors (Lipinski definition) is 4. The molecule has 0 spiro atoms. The molecule has 1 aromatic carbocycles. The van der Waals surface area contributed by atoms with Crippen LogP contribution in [0.4, 0.5) is 10.5 Å². The van der Waals surface area contributed by atoms with Crippen LogP contribution in [0.1, 0.15) is 38.2 Å². The summed E-state index contributed by atoms with van der Waals surface area (Å²) in [7, 11) is 3.17. The summed E-state index contributed by atoms with van der Waals surface area (Å²) in [4.78, 5) is 25.1. The lowest BCUT2D eigenvalue weighted by molar-refractivity contribution is -0.143. The van der Waals surface area contributed by atoms with Gasteiger partial charge in [0.1, 0.15) is 11.5 Å². The molecule has 0 aliphatic carbocycles. The number of carboxylic acids is 1. The Balaban J connectivity index is 2.12. The number of ether oxygens (including phenoxy) is 2. The van der Waals surface area contributed by atoms with Crippen LogP contribution in [0.15, 0.2) is 12.1 Å². The molecule has 7 heteroatoms. The number of amides is 2. The van der Waals surface area contributed by atoms with Crippen molar-refractivity contribution in [1.29, 1.82) is 0 Å². The van der Waals surface area contributed by atoms with Gasteiger partial charge in [0.15, 0.2) is 0 Å². The van der Waals surface area contributed by atoms with Crippen LogP contribution in [0.25, 0.3) is 0 Å². The number of anilines is 1. The van der Waals surface area contributed by atoms with Gasteiger partial charge in [0, 0.05) is 36.5 Å². The highest BCUT2D eigenvalue weighted by atomic mass is 16.5. The van der Waals surface area contributed by atoms with Crippen LogP contribution >= 0.6 is 0 Å². The molecule has 138 valence electrons. The van der Waals surface area contributed by atoms with Gasteiger partial charge in [-0.25, -0.2) is 4.79 Å². The van der Waals surface area contributed by atoms with E-state index in [1.807, 2.05) is 13.8 Å². The van der Waals surface area contributed by atoms with Crippen molar-refractivity contribution in [3.8, 4) is 11.5 Å². The molecule has 2 amide bonds. The number of piperidine rings is 1. The monoisotopic (exact) mass is 350 g/mol. The Kier molecular flexibility index (Phi) is 6.12. The van der Waals surface area contributed by atoms with Crippen molar-refractivity contribution in [2.75, 3.05) is 32.6 Å². The standard InChI is InChI=1S/C18H26N2O5/c1-11(2)16-14(24-3)9-13(10-15(16)25-4)19-18(23)20-7-5-12(6-8-20)17(21)22/h9-12H,5-8H2,1-4H3,(H,19,23)(H,21,22). The van der Waals surface area contributed by atoms with Gasteiger partial charge < -0.3 is 24.8 Å². The van der Waals surface area contributed by atoms with Crippen molar-refractivity contribution < 1.29 is 24.2 Å². The Labute approximate surface area is 147 Å². The quantitative estimate of drug-likeness (QED) is 0.852. The summed E-state index contributed by atoms with van der Waals surface area (Å²) in [5.74, 6) is 0.376. The number of urea groups is 1. The van der Waals surface area contributed by atoms with E-state index in [-0.39, 0.29) is 17.9 Å². The van der Waals surface area contributed by atoms with E-state index in [1.54, 1.807) is 31.3 Å². The van der Waals surface area contributed by atoms with Crippen LogP contribution in [0, 0.1) is 5.92 Å². The molecule has 7 nitrogen and oxygen atoms in total. The zero-order chi connectivity index (χ0) is 18.6. The fourth-order valence-corrected chi connectivity index (χ4v) is 3.11. The number of carbonyl (C=O) groups is 2. The van der Waals surface area contributed by atoms with Gasteiger partial charge in [-0.2, -0.15) is 0 Å². The highest BCUT2D eigenvalue weighted by molar-refractivity contribution is 5.90. The molecule has 1 heterocycles. The molecule has 25 heavy (non-hydrogen) atoms. The summed E-state index contributed by atoms with van der Waals surface area (Å²) in [6, 6.07) is 3.31. The fourth-order valence-electron chi connectivity index (χ4n) is 3.11. The molecule has 0 aromatic heterocycles. The van der Waals surface area contributed by atoms with E-state index in [1.165, 1.54) is 0 Å². The first-order valence-corrected chi connectivity index (χ1v) is 8.42. The average molecular weight is 350 g/mol. The lowest BCUT2D eigenvalue weighted by Gasteiger charge is -2.30. The normalized spacial score (nSPS) is 15.2. The summed E-state index contributed by atoms with van der Waals surface area (Å²) < 4.78 is 10.9. The summed E-state index contributed by atoms with van der Waals surface area (Å²) in [5, 5.41) is 11.9. The van der Waals surface area contributed by atoms with Crippen LogP contribution in [0.5, 0.6) is 11.5 Å². The van der Waals surface area contributed by atoms with Crippen LogP contribution in [0.2, 0.25) is 0 Å². The van der Waals surface area contributed by atoms with Gasteiger partial charge >= 0.3 is 12.0 Å². The molecule has 2 N–H and O–H groups in total. The van der Waals surface area contributed by atoms with Gasteiger partial charge in [-0.1, -0.05) is 13.8 Å². The molecule has 1 aliphatic heterocycles. The van der Waals surface area contributed by atoms with E-state index in [0.29, 0.717) is 43.1 Å². The highest BCUT2D eigenvalue weighted by Crippen LogP contribution is 2.38. The summed E-state index contributed by atoms with van der Waals surface area (Å²) in [6.07, 6.45) is 0.948. The second-order valence-corrected chi connectivity index (χ2v) is 6.48. The van der Waals surface area contributed by atoms with E-state index < -0.39 is 5.97 Å². The minimum Gasteiger partial charge on any atom is -0.496 e. The third-order valence-electron chi connectivity index (χ3n) is 4.50. The molecule has 0 bridgehead atoms. The number of likely N-dealkylation sites (tertiary alicyclic amines) is 1. The molecular weight excluding hydrogens is 324 g/mol. The SMILES string of the molecule is COc1cc(NC(=O)N2CCC(C(=O)O)CC2)cc(OC)c1C(C)C. The molecule has 0 radical (unpaired) electrons. The first-order valence-electron chi connectivity index (χ1n) is 8.42. The molecule has 1 saturated heterocycles. The van der Waals surface area contributed by atoms with Gasteiger partial charge in [0.25, 0.3) is 0 Å². The second kappa shape index (κ2) is 8.09. The third kappa shape index (κ3) is 4.35. The number of carboxylic acid groups (broad SMARTS) is 1. The number of nitrogens with zero attached hydrogens (tertiary/aromatic N) is 1. The lowest BCUT2D eigenvalue weighted by atomic mass is 9.97. The number of hydrogen-bond donors (Lipinski definition) is 2. The maximum absolute atomic E-state index is 12.4. The van der Waals surface area contributed by atoms with Gasteiger partial charge in [-0.3, -0.25) is 4.79 Å². The molecule has 0 atom stereocenters. The molecule has 0 saturated carbocycles. The third-order valence-corrected chi connectivity index (χ3v) is 4.50. The van der Waals surface area contributed by atoms with Crippen molar-refractivity contribution in [3.05, 3.63) is 17.7 Å². The topological polar surface area (TPSA) is 88.1 Å². The van der Waals surface area contributed by atoms with E-state index in [4.69, 9.17) is 14.6 Å². The Bertz CT molecular complexity index is 611. The van der Waals surface area contributed by atoms with Crippen LogP contribution in [-0.4, -0.2) is 49.3 Å².